The summed E-state index contributed by atoms with van der Waals surface area (Å²) < 4.78 is 12.9. The minimum atomic E-state index is -0.295. The van der Waals surface area contributed by atoms with E-state index in [1.54, 1.807) is 17.0 Å². The van der Waals surface area contributed by atoms with Gasteiger partial charge in [0.1, 0.15) is 5.82 Å². The summed E-state index contributed by atoms with van der Waals surface area (Å²) in [5.41, 5.74) is 7.74. The van der Waals surface area contributed by atoms with Crippen LogP contribution in [0.15, 0.2) is 48.5 Å². The minimum Gasteiger partial charge on any atom is -0.357 e. The molecule has 0 aliphatic carbocycles. The topological polar surface area (TPSA) is 73.5 Å². The van der Waals surface area contributed by atoms with E-state index >= 15 is 0 Å². The molecule has 0 bridgehead atoms. The summed E-state index contributed by atoms with van der Waals surface area (Å²) in [5, 5.41) is 3.19. The molecule has 2 amide bonds. The maximum atomic E-state index is 12.9. The van der Waals surface area contributed by atoms with E-state index in [2.05, 4.69) is 16.2 Å². The highest BCUT2D eigenvalue weighted by Gasteiger charge is 2.21. The van der Waals surface area contributed by atoms with E-state index in [4.69, 9.17) is 12.2 Å². The number of benzene rings is 2. The maximum Gasteiger partial charge on any atom is 0.242 e. The van der Waals surface area contributed by atoms with Crippen molar-refractivity contribution in [1.29, 1.82) is 0 Å². The van der Waals surface area contributed by atoms with E-state index < -0.39 is 0 Å². The average molecular weight is 400 g/mol. The van der Waals surface area contributed by atoms with Gasteiger partial charge in [-0.2, -0.15) is 0 Å². The van der Waals surface area contributed by atoms with Crippen LogP contribution >= 0.6 is 12.2 Å². The summed E-state index contributed by atoms with van der Waals surface area (Å²) in [5.74, 6) is -0.399. The second-order valence-corrected chi connectivity index (χ2v) is 6.88. The van der Waals surface area contributed by atoms with Crippen LogP contribution in [0.3, 0.4) is 0 Å². The number of hydrogen-bond acceptors (Lipinski definition) is 3. The van der Waals surface area contributed by atoms with Gasteiger partial charge in [0.25, 0.3) is 0 Å². The Balaban J connectivity index is 1.40. The lowest BCUT2D eigenvalue weighted by Gasteiger charge is -2.16. The van der Waals surface area contributed by atoms with Crippen molar-refractivity contribution >= 4 is 34.8 Å². The van der Waals surface area contributed by atoms with Crippen LogP contribution in [0, 0.1) is 5.82 Å². The third-order valence-corrected chi connectivity index (χ3v) is 4.61. The first kappa shape index (κ1) is 19.8. The first-order chi connectivity index (χ1) is 13.5. The van der Waals surface area contributed by atoms with Crippen molar-refractivity contribution in [1.82, 2.24) is 16.2 Å². The highest BCUT2D eigenvalue weighted by molar-refractivity contribution is 7.80. The van der Waals surface area contributed by atoms with Gasteiger partial charge < -0.3 is 10.2 Å². The van der Waals surface area contributed by atoms with E-state index in [-0.39, 0.29) is 29.2 Å². The van der Waals surface area contributed by atoms with Gasteiger partial charge in [0.05, 0.1) is 6.42 Å². The number of hydrazine groups is 1. The summed E-state index contributed by atoms with van der Waals surface area (Å²) in [6.45, 7) is 1.16. The number of thiocarbonyl (C=S) groups is 1. The SMILES string of the molecule is O=C(Cc1ccc(N2CCCC2=O)cc1)NNC(=S)NCc1ccc(F)cc1. The molecule has 2 aromatic rings. The van der Waals surface area contributed by atoms with E-state index in [0.717, 1.165) is 29.8 Å². The number of halogens is 1. The molecule has 0 saturated carbocycles. The molecule has 0 radical (unpaired) electrons. The normalized spacial score (nSPS) is 13.3. The number of nitrogens with zero attached hydrogens (tertiary/aromatic N) is 1. The van der Waals surface area contributed by atoms with E-state index in [0.29, 0.717) is 13.0 Å². The maximum absolute atomic E-state index is 12.9. The van der Waals surface area contributed by atoms with Gasteiger partial charge in [0, 0.05) is 25.2 Å². The molecular weight excluding hydrogens is 379 g/mol. The van der Waals surface area contributed by atoms with Crippen molar-refractivity contribution in [3.05, 3.63) is 65.5 Å². The molecule has 0 spiro atoms. The van der Waals surface area contributed by atoms with Gasteiger partial charge in [-0.1, -0.05) is 24.3 Å². The van der Waals surface area contributed by atoms with Crippen LogP contribution in [0.5, 0.6) is 0 Å². The van der Waals surface area contributed by atoms with Gasteiger partial charge in [0.15, 0.2) is 5.11 Å². The summed E-state index contributed by atoms with van der Waals surface area (Å²) >= 11 is 5.10. The van der Waals surface area contributed by atoms with Crippen molar-refractivity contribution in [2.45, 2.75) is 25.8 Å². The molecule has 1 heterocycles. The van der Waals surface area contributed by atoms with E-state index in [1.165, 1.54) is 12.1 Å². The van der Waals surface area contributed by atoms with E-state index in [9.17, 15) is 14.0 Å². The summed E-state index contributed by atoms with van der Waals surface area (Å²) in [4.78, 5) is 25.6. The Kier molecular flexibility index (Phi) is 6.54. The highest BCUT2D eigenvalue weighted by atomic mass is 32.1. The molecule has 1 saturated heterocycles. The van der Waals surface area contributed by atoms with E-state index in [1.807, 2.05) is 24.3 Å². The third-order valence-electron chi connectivity index (χ3n) is 4.37. The molecule has 3 N–H and O–H groups in total. The third kappa shape index (κ3) is 5.50. The standard InChI is InChI=1S/C20H21FN4O2S/c21-16-7-3-15(4-8-16)13-22-20(28)24-23-18(26)12-14-5-9-17(10-6-14)25-11-1-2-19(25)27/h3-10H,1-2,11-13H2,(H,23,26)(H2,22,24,28). The molecule has 2 aromatic carbocycles. The summed E-state index contributed by atoms with van der Waals surface area (Å²) in [7, 11) is 0. The van der Waals surface area contributed by atoms with Crippen LogP contribution in [0.1, 0.15) is 24.0 Å². The fraction of sp³-hybridized carbons (Fsp3) is 0.250. The Bertz CT molecular complexity index is 856. The number of carbonyl (C=O) groups excluding carboxylic acids is 2. The van der Waals surface area contributed by atoms with Crippen LogP contribution in [0.25, 0.3) is 0 Å². The fourth-order valence-electron chi connectivity index (χ4n) is 2.90. The highest BCUT2D eigenvalue weighted by Crippen LogP contribution is 2.21. The summed E-state index contributed by atoms with van der Waals surface area (Å²) in [6, 6.07) is 13.5. The molecule has 146 valence electrons. The fourth-order valence-corrected chi connectivity index (χ4v) is 3.02. The zero-order chi connectivity index (χ0) is 19.9. The first-order valence-corrected chi connectivity index (χ1v) is 9.38. The number of nitrogens with one attached hydrogen (secondary N) is 3. The molecule has 1 aliphatic rings. The van der Waals surface area contributed by atoms with Crippen molar-refractivity contribution < 1.29 is 14.0 Å². The summed E-state index contributed by atoms with van der Waals surface area (Å²) in [6.07, 6.45) is 1.65. The second-order valence-electron chi connectivity index (χ2n) is 6.47. The van der Waals surface area contributed by atoms with Gasteiger partial charge >= 0.3 is 0 Å². The number of rotatable bonds is 5. The molecule has 28 heavy (non-hydrogen) atoms. The lowest BCUT2D eigenvalue weighted by Crippen LogP contribution is -2.47. The lowest BCUT2D eigenvalue weighted by molar-refractivity contribution is -0.121. The molecule has 6 nitrogen and oxygen atoms in total. The quantitative estimate of drug-likeness (QED) is 0.530. The van der Waals surface area contributed by atoms with Crippen LogP contribution < -0.4 is 21.1 Å². The van der Waals surface area contributed by atoms with Crippen molar-refractivity contribution in [3.63, 3.8) is 0 Å². The minimum absolute atomic E-state index is 0.136. The van der Waals surface area contributed by atoms with Crippen molar-refractivity contribution in [2.75, 3.05) is 11.4 Å². The Morgan fingerprint density at radius 3 is 2.36 bits per heavy atom. The zero-order valence-corrected chi connectivity index (χ0v) is 16.0. The van der Waals surface area contributed by atoms with Gasteiger partial charge in [-0.25, -0.2) is 4.39 Å². The molecule has 3 rings (SSSR count). The monoisotopic (exact) mass is 400 g/mol. The van der Waals surface area contributed by atoms with Crippen molar-refractivity contribution in [3.8, 4) is 0 Å². The number of amides is 2. The van der Waals surface area contributed by atoms with Gasteiger partial charge in [0.2, 0.25) is 11.8 Å². The van der Waals surface area contributed by atoms with Crippen LogP contribution in [0.2, 0.25) is 0 Å². The Hall–Kier alpha value is -3.00. The second kappa shape index (κ2) is 9.27. The van der Waals surface area contributed by atoms with Gasteiger partial charge in [-0.05, 0) is 54.0 Å². The van der Waals surface area contributed by atoms with Crippen LogP contribution in [0.4, 0.5) is 10.1 Å². The van der Waals surface area contributed by atoms with Gasteiger partial charge in [-0.3, -0.25) is 20.4 Å². The molecule has 8 heteroatoms. The van der Waals surface area contributed by atoms with Crippen LogP contribution in [-0.4, -0.2) is 23.5 Å². The predicted octanol–water partition coefficient (Wildman–Crippen LogP) is 2.19. The molecule has 1 fully saturated rings. The molecule has 1 aliphatic heterocycles. The molecule has 0 aromatic heterocycles. The lowest BCUT2D eigenvalue weighted by atomic mass is 10.1. The van der Waals surface area contributed by atoms with Crippen LogP contribution in [-0.2, 0) is 22.6 Å². The largest absolute Gasteiger partial charge is 0.357 e. The Labute approximate surface area is 168 Å². The Morgan fingerprint density at radius 1 is 1.04 bits per heavy atom. The first-order valence-electron chi connectivity index (χ1n) is 8.98. The Morgan fingerprint density at radius 2 is 1.71 bits per heavy atom. The van der Waals surface area contributed by atoms with Crippen molar-refractivity contribution in [2.24, 2.45) is 0 Å². The zero-order valence-electron chi connectivity index (χ0n) is 15.2. The number of hydrogen-bond donors (Lipinski definition) is 3. The molecular formula is C20H21FN4O2S. The molecule has 0 atom stereocenters. The number of anilines is 1. The number of carbonyl (C=O) groups is 2. The smallest absolute Gasteiger partial charge is 0.242 e. The molecule has 0 unspecified atom stereocenters. The average Bonchev–Trinajstić information content (AvgIpc) is 3.12. The van der Waals surface area contributed by atoms with Gasteiger partial charge in [-0.15, -0.1) is 0 Å². The predicted molar refractivity (Wildman–Crippen MR) is 109 cm³/mol.